The van der Waals surface area contributed by atoms with E-state index in [1.165, 1.54) is 82.1 Å². The number of rotatable bonds is 4. The van der Waals surface area contributed by atoms with E-state index in [0.717, 1.165) is 67.1 Å². The van der Waals surface area contributed by atoms with Crippen molar-refractivity contribution in [1.82, 2.24) is 19.9 Å². The molecule has 2 aliphatic rings. The van der Waals surface area contributed by atoms with Gasteiger partial charge in [0.2, 0.25) is 0 Å². The molecule has 0 saturated carbocycles. The van der Waals surface area contributed by atoms with Crippen LogP contribution in [0.4, 0.5) is 0 Å². The van der Waals surface area contributed by atoms with Gasteiger partial charge in [0.15, 0.2) is 0 Å². The molecule has 0 amide bonds. The highest BCUT2D eigenvalue weighted by Gasteiger charge is 2.19. The van der Waals surface area contributed by atoms with E-state index in [9.17, 15) is 0 Å². The molecule has 2 N–H and O–H groups in total. The van der Waals surface area contributed by atoms with Crippen LogP contribution in [0.5, 0.6) is 0 Å². The molecule has 0 aliphatic carbocycles. The Morgan fingerprint density at radius 1 is 0.279 bits per heavy atom. The Labute approximate surface area is 409 Å². The molecule has 4 aromatic carbocycles. The summed E-state index contributed by atoms with van der Waals surface area (Å²) in [6, 6.07) is 53.9. The van der Waals surface area contributed by atoms with Gasteiger partial charge in [-0.05, 0) is 123 Å². The van der Waals surface area contributed by atoms with E-state index in [0.29, 0.717) is 0 Å². The average Bonchev–Trinajstić information content (AvgIpc) is 4.19. The summed E-state index contributed by atoms with van der Waals surface area (Å²) in [4.78, 5) is 18.5. The van der Waals surface area contributed by atoms with Gasteiger partial charge < -0.3 is 9.97 Å². The van der Waals surface area contributed by atoms with Gasteiger partial charge in [-0.25, -0.2) is 9.97 Å². The van der Waals surface area contributed by atoms with E-state index in [1.54, 1.807) is 0 Å². The predicted molar refractivity (Wildman–Crippen MR) is 299 cm³/mol. The molecule has 0 saturated heterocycles. The molecule has 326 valence electrons. The molecule has 10 aromatic heterocycles. The number of aromatic amines is 2. The minimum absolute atomic E-state index is 0.920. The van der Waals surface area contributed by atoms with Crippen LogP contribution in [0.2, 0.25) is 0 Å². The molecule has 0 fully saturated rings. The Bertz CT molecular complexity index is 3810. The van der Waals surface area contributed by atoms with E-state index < -0.39 is 0 Å². The van der Waals surface area contributed by atoms with Crippen LogP contribution >= 0.6 is 45.3 Å². The van der Waals surface area contributed by atoms with E-state index in [1.807, 2.05) is 45.3 Å². The van der Waals surface area contributed by atoms with E-state index >= 15 is 0 Å². The predicted octanol–water partition coefficient (Wildman–Crippen LogP) is 18.5. The maximum Gasteiger partial charge on any atom is 0.0872 e. The SMILES string of the molecule is Cc1ccc(-c2c3nc(c4ccc([nH]4)c(-c4ccc(C)cc4)c4cc5sc(cc5s4)c(-c4ccc(C)cc4)c4nc(c5ccc([nH]5)c(-c5ccc(C)cc5)c5cc6sc2cc6s5)C=C4)C=C3)cc1. The first-order valence-electron chi connectivity index (χ1n) is 22.8. The van der Waals surface area contributed by atoms with Gasteiger partial charge in [-0.3, -0.25) is 0 Å². The smallest absolute Gasteiger partial charge is 0.0872 e. The van der Waals surface area contributed by atoms with Crippen LogP contribution in [0.1, 0.15) is 45.0 Å². The number of benzene rings is 4. The third kappa shape index (κ3) is 7.23. The molecule has 0 radical (unpaired) electrons. The lowest BCUT2D eigenvalue weighted by molar-refractivity contribution is 1.32. The van der Waals surface area contributed by atoms with E-state index in [4.69, 9.17) is 9.97 Å². The van der Waals surface area contributed by atoms with Crippen molar-refractivity contribution in [3.63, 3.8) is 0 Å². The first-order valence-corrected chi connectivity index (χ1v) is 26.0. The van der Waals surface area contributed by atoms with Gasteiger partial charge in [0.25, 0.3) is 0 Å². The Kier molecular flexibility index (Phi) is 9.80. The maximum atomic E-state index is 5.40. The fourth-order valence-corrected chi connectivity index (χ4v) is 14.5. The molecule has 0 spiro atoms. The first kappa shape index (κ1) is 41.0. The standard InChI is InChI=1S/C60H42N4S4/c1-33-5-13-37(14-6-33)57-45-25-21-41(61-45)42-22-26-46(62-42)59(39-17-9-35(3)10-18-39)55-31-51-52(67-55)32-56(68-51)60(40-19-11-36(4)12-20-40)48-28-24-44(64-48)43-23-27-47(63-43)58(38-15-7-34(2)8-16-38)54-30-50-49(66-54)29-53(57)65-50/h5-32,61,64H,1-4H3. The quantitative estimate of drug-likeness (QED) is 0.185. The number of aryl methyl sites for hydroxylation is 4. The van der Waals surface area contributed by atoms with Crippen LogP contribution in [0.25, 0.3) is 128 Å². The van der Waals surface area contributed by atoms with E-state index in [2.05, 4.69) is 208 Å². The average molecular weight is 947 g/mol. The van der Waals surface area contributed by atoms with Crippen molar-refractivity contribution in [2.24, 2.45) is 0 Å². The molecule has 0 atom stereocenters. The summed E-state index contributed by atoms with van der Waals surface area (Å²) < 4.78 is 9.87. The van der Waals surface area contributed by atoms with Crippen LogP contribution in [0.3, 0.4) is 0 Å². The van der Waals surface area contributed by atoms with Gasteiger partial charge >= 0.3 is 0 Å². The summed E-state index contributed by atoms with van der Waals surface area (Å²) in [5.41, 5.74) is 22.1. The lowest BCUT2D eigenvalue weighted by atomic mass is 10.0. The molecule has 16 bridgehead atoms. The monoisotopic (exact) mass is 946 g/mol. The van der Waals surface area contributed by atoms with Crippen LogP contribution in [0.15, 0.2) is 146 Å². The van der Waals surface area contributed by atoms with Crippen LogP contribution < -0.4 is 0 Å². The van der Waals surface area contributed by atoms with Gasteiger partial charge in [-0.2, -0.15) is 0 Å². The molecular weight excluding hydrogens is 905 g/mol. The van der Waals surface area contributed by atoms with Crippen molar-refractivity contribution >= 4 is 129 Å². The number of thiophene rings is 4. The summed E-state index contributed by atoms with van der Waals surface area (Å²) in [5, 5.41) is 0. The Morgan fingerprint density at radius 2 is 0.544 bits per heavy atom. The normalized spacial score (nSPS) is 12.3. The molecule has 2 aliphatic heterocycles. The van der Waals surface area contributed by atoms with Crippen LogP contribution in [-0.2, 0) is 0 Å². The number of hydrogen-bond donors (Lipinski definition) is 2. The Morgan fingerprint density at radius 3 is 0.868 bits per heavy atom. The molecule has 4 nitrogen and oxygen atoms in total. The summed E-state index contributed by atoms with van der Waals surface area (Å²) in [6.45, 7) is 8.58. The Hall–Kier alpha value is -7.20. The zero-order chi connectivity index (χ0) is 45.6. The highest BCUT2D eigenvalue weighted by atomic mass is 32.1. The third-order valence-electron chi connectivity index (χ3n) is 13.0. The van der Waals surface area contributed by atoms with Gasteiger partial charge in [-0.1, -0.05) is 119 Å². The summed E-state index contributed by atoms with van der Waals surface area (Å²) >= 11 is 7.37. The second-order valence-corrected chi connectivity index (χ2v) is 22.2. The van der Waals surface area contributed by atoms with Gasteiger partial charge in [0, 0.05) is 70.9 Å². The summed E-state index contributed by atoms with van der Waals surface area (Å²) in [6.07, 6.45) is 8.69. The van der Waals surface area contributed by atoms with Gasteiger partial charge in [0.05, 0.1) is 33.8 Å². The molecule has 12 heterocycles. The van der Waals surface area contributed by atoms with Crippen molar-refractivity contribution in [1.29, 1.82) is 0 Å². The van der Waals surface area contributed by atoms with Crippen molar-refractivity contribution in [3.8, 4) is 44.5 Å². The minimum atomic E-state index is 0.920. The molecular formula is C60H42N4S4. The second kappa shape index (κ2) is 16.2. The summed E-state index contributed by atoms with van der Waals surface area (Å²) in [5.74, 6) is 0. The lowest BCUT2D eigenvalue weighted by Crippen LogP contribution is -1.84. The van der Waals surface area contributed by atoms with Crippen LogP contribution in [0, 0.1) is 27.7 Å². The maximum absolute atomic E-state index is 5.40. The number of H-pyrrole nitrogens is 2. The number of nitrogens with one attached hydrogen (secondary N) is 2. The van der Waals surface area contributed by atoms with Gasteiger partial charge in [-0.15, -0.1) is 45.3 Å². The third-order valence-corrected chi connectivity index (χ3v) is 17.7. The van der Waals surface area contributed by atoms with Crippen molar-refractivity contribution in [3.05, 3.63) is 191 Å². The number of aromatic nitrogens is 4. The molecule has 14 aromatic rings. The highest BCUT2D eigenvalue weighted by Crippen LogP contribution is 2.45. The fraction of sp³-hybridized carbons (Fsp3) is 0.0667. The second-order valence-electron chi connectivity index (χ2n) is 17.9. The van der Waals surface area contributed by atoms with Crippen molar-refractivity contribution < 1.29 is 0 Å². The number of nitrogens with zero attached hydrogens (tertiary/aromatic N) is 2. The molecule has 16 rings (SSSR count). The molecule has 0 unspecified atom stereocenters. The first-order chi connectivity index (χ1) is 33.2. The Balaban J connectivity index is 1.13. The zero-order valence-corrected chi connectivity index (χ0v) is 41.0. The topological polar surface area (TPSA) is 57.4 Å². The largest absolute Gasteiger partial charge is 0.353 e. The van der Waals surface area contributed by atoms with Crippen molar-refractivity contribution in [2.75, 3.05) is 0 Å². The molecule has 68 heavy (non-hydrogen) atoms. The zero-order valence-electron chi connectivity index (χ0n) is 37.7. The van der Waals surface area contributed by atoms with Crippen molar-refractivity contribution in [2.45, 2.75) is 27.7 Å². The lowest BCUT2D eigenvalue weighted by Gasteiger charge is -2.05. The fourth-order valence-electron chi connectivity index (χ4n) is 9.42. The molecule has 8 heteroatoms. The highest BCUT2D eigenvalue weighted by molar-refractivity contribution is 7.34. The summed E-state index contributed by atoms with van der Waals surface area (Å²) in [7, 11) is 0. The van der Waals surface area contributed by atoms with Crippen LogP contribution in [-0.4, -0.2) is 19.9 Å². The van der Waals surface area contributed by atoms with E-state index in [-0.39, 0.29) is 0 Å². The minimum Gasteiger partial charge on any atom is -0.353 e. The van der Waals surface area contributed by atoms with Gasteiger partial charge in [0.1, 0.15) is 0 Å². The number of hydrogen-bond acceptors (Lipinski definition) is 6.